The highest BCUT2D eigenvalue weighted by atomic mass is 16.6. The molecule has 0 unspecified atom stereocenters. The van der Waals surface area contributed by atoms with Gasteiger partial charge in [0, 0.05) is 40.4 Å². The van der Waals surface area contributed by atoms with Crippen molar-refractivity contribution in [2.75, 3.05) is 0 Å². The van der Waals surface area contributed by atoms with Crippen molar-refractivity contribution in [1.82, 2.24) is 9.97 Å². The molecule has 0 spiro atoms. The monoisotopic (exact) mass is 323 g/mol. The molecule has 3 aromatic rings. The van der Waals surface area contributed by atoms with Crippen molar-refractivity contribution in [3.8, 4) is 0 Å². The summed E-state index contributed by atoms with van der Waals surface area (Å²) in [7, 11) is 0. The molecular formula is C18H17N3O3. The minimum atomic E-state index is -0.413. The number of benzene rings is 1. The first-order chi connectivity index (χ1) is 11.3. The summed E-state index contributed by atoms with van der Waals surface area (Å²) in [5.74, 6) is 0.0613. The summed E-state index contributed by atoms with van der Waals surface area (Å²) >= 11 is 0. The van der Waals surface area contributed by atoms with E-state index in [1.54, 1.807) is 12.1 Å². The van der Waals surface area contributed by atoms with E-state index in [9.17, 15) is 14.9 Å². The number of nitrogens with one attached hydrogen (secondary N) is 1. The Balaban J connectivity index is 2.15. The molecule has 0 aliphatic heterocycles. The Hall–Kier alpha value is -2.76. The molecule has 1 aliphatic rings. The molecule has 6 heteroatoms. The summed E-state index contributed by atoms with van der Waals surface area (Å²) in [6.07, 6.45) is 1.19. The van der Waals surface area contributed by atoms with Gasteiger partial charge < -0.3 is 4.98 Å². The lowest BCUT2D eigenvalue weighted by atomic mass is 9.74. The van der Waals surface area contributed by atoms with Crippen LogP contribution in [-0.4, -0.2) is 20.7 Å². The molecule has 0 fully saturated rings. The quantitative estimate of drug-likeness (QED) is 0.539. The first-order valence-corrected chi connectivity index (χ1v) is 7.89. The average molecular weight is 323 g/mol. The minimum Gasteiger partial charge on any atom is -0.353 e. The molecule has 0 saturated carbocycles. The van der Waals surface area contributed by atoms with E-state index < -0.39 is 4.92 Å². The summed E-state index contributed by atoms with van der Waals surface area (Å²) in [6, 6.07) is 4.70. The van der Waals surface area contributed by atoms with E-state index >= 15 is 0 Å². The van der Waals surface area contributed by atoms with Crippen LogP contribution < -0.4 is 0 Å². The van der Waals surface area contributed by atoms with Crippen molar-refractivity contribution in [2.24, 2.45) is 5.41 Å². The second-order valence-corrected chi connectivity index (χ2v) is 7.32. The van der Waals surface area contributed by atoms with E-state index in [0.717, 1.165) is 34.2 Å². The number of carbonyl (C=O) groups excluding carboxylic acids is 1. The third-order valence-corrected chi connectivity index (χ3v) is 4.76. The van der Waals surface area contributed by atoms with Gasteiger partial charge in [0.1, 0.15) is 0 Å². The van der Waals surface area contributed by atoms with E-state index in [1.165, 1.54) is 6.07 Å². The molecule has 0 atom stereocenters. The molecule has 1 aromatic carbocycles. The van der Waals surface area contributed by atoms with Crippen LogP contribution >= 0.6 is 0 Å². The Morgan fingerprint density at radius 2 is 2.04 bits per heavy atom. The number of nitro groups is 1. The fourth-order valence-corrected chi connectivity index (χ4v) is 3.75. The number of carbonyl (C=O) groups is 1. The molecule has 4 rings (SSSR count). The number of ketones is 1. The predicted octanol–water partition coefficient (Wildman–Crippen LogP) is 4.09. The smallest absolute Gasteiger partial charge is 0.270 e. The Morgan fingerprint density at radius 1 is 1.29 bits per heavy atom. The maximum Gasteiger partial charge on any atom is 0.270 e. The van der Waals surface area contributed by atoms with Crippen LogP contribution in [0.1, 0.15) is 42.0 Å². The van der Waals surface area contributed by atoms with E-state index in [1.807, 2.05) is 6.92 Å². The van der Waals surface area contributed by atoms with Gasteiger partial charge in [0.05, 0.1) is 21.8 Å². The van der Waals surface area contributed by atoms with Gasteiger partial charge in [-0.1, -0.05) is 13.8 Å². The molecule has 24 heavy (non-hydrogen) atoms. The first kappa shape index (κ1) is 14.8. The van der Waals surface area contributed by atoms with Crippen LogP contribution in [0.5, 0.6) is 0 Å². The zero-order valence-electron chi connectivity index (χ0n) is 13.8. The van der Waals surface area contributed by atoms with Crippen molar-refractivity contribution >= 4 is 33.3 Å². The number of pyridine rings is 1. The van der Waals surface area contributed by atoms with Crippen molar-refractivity contribution in [1.29, 1.82) is 0 Å². The van der Waals surface area contributed by atoms with E-state index in [2.05, 4.69) is 23.8 Å². The predicted molar refractivity (Wildman–Crippen MR) is 91.4 cm³/mol. The van der Waals surface area contributed by atoms with E-state index in [0.29, 0.717) is 17.4 Å². The van der Waals surface area contributed by atoms with Gasteiger partial charge in [0.15, 0.2) is 5.78 Å². The highest BCUT2D eigenvalue weighted by molar-refractivity contribution is 6.20. The van der Waals surface area contributed by atoms with Crippen LogP contribution in [0.2, 0.25) is 0 Å². The third-order valence-electron chi connectivity index (χ3n) is 4.76. The number of non-ortho nitro benzene ring substituents is 1. The summed E-state index contributed by atoms with van der Waals surface area (Å²) < 4.78 is 0. The van der Waals surface area contributed by atoms with Gasteiger partial charge in [0.25, 0.3) is 5.69 Å². The topological polar surface area (TPSA) is 88.9 Å². The largest absolute Gasteiger partial charge is 0.353 e. The molecule has 2 aromatic heterocycles. The number of nitro benzene ring substituents is 1. The Morgan fingerprint density at radius 3 is 2.75 bits per heavy atom. The maximum atomic E-state index is 12.8. The number of Topliss-reactive ketones (excluding diaryl/α,β-unsaturated/α-hetero) is 1. The van der Waals surface area contributed by atoms with Crippen molar-refractivity contribution in [3.05, 3.63) is 45.3 Å². The number of aryl methyl sites for hydroxylation is 1. The Labute approximate surface area is 138 Å². The van der Waals surface area contributed by atoms with Gasteiger partial charge >= 0.3 is 0 Å². The second kappa shape index (κ2) is 4.63. The van der Waals surface area contributed by atoms with Gasteiger partial charge in [-0.3, -0.25) is 19.9 Å². The van der Waals surface area contributed by atoms with Crippen molar-refractivity contribution in [3.63, 3.8) is 0 Å². The number of aromatic nitrogens is 2. The number of fused-ring (bicyclic) bond motifs is 5. The number of hydrogen-bond acceptors (Lipinski definition) is 4. The second-order valence-electron chi connectivity index (χ2n) is 7.32. The highest BCUT2D eigenvalue weighted by Gasteiger charge is 2.34. The third kappa shape index (κ3) is 2.02. The SMILES string of the molecule is Cc1nc2c(c3c1[nH]c1ccc([N+](=O)[O-])cc13)C(=O)CC(C)(C)C2. The molecule has 6 nitrogen and oxygen atoms in total. The molecule has 122 valence electrons. The fraction of sp³-hybridized carbons (Fsp3) is 0.333. The summed E-state index contributed by atoms with van der Waals surface area (Å²) in [5.41, 5.74) is 3.72. The van der Waals surface area contributed by atoms with Gasteiger partial charge in [-0.05, 0) is 24.8 Å². The number of H-pyrrole nitrogens is 1. The summed E-state index contributed by atoms with van der Waals surface area (Å²) in [4.78, 5) is 31.4. The maximum absolute atomic E-state index is 12.8. The van der Waals surface area contributed by atoms with Gasteiger partial charge in [-0.25, -0.2) is 0 Å². The van der Waals surface area contributed by atoms with Gasteiger partial charge in [-0.2, -0.15) is 0 Å². The molecule has 1 aliphatic carbocycles. The van der Waals surface area contributed by atoms with Crippen molar-refractivity contribution in [2.45, 2.75) is 33.6 Å². The molecule has 1 N–H and O–H groups in total. The first-order valence-electron chi connectivity index (χ1n) is 7.89. The van der Waals surface area contributed by atoms with Crippen LogP contribution in [0.25, 0.3) is 21.8 Å². The zero-order chi connectivity index (χ0) is 17.2. The van der Waals surface area contributed by atoms with Crippen LogP contribution in [0.3, 0.4) is 0 Å². The summed E-state index contributed by atoms with van der Waals surface area (Å²) in [5, 5.41) is 12.6. The lowest BCUT2D eigenvalue weighted by Crippen LogP contribution is -2.28. The van der Waals surface area contributed by atoms with Crippen molar-refractivity contribution < 1.29 is 9.72 Å². The molecule has 2 heterocycles. The average Bonchev–Trinajstić information content (AvgIpc) is 2.84. The normalized spacial score (nSPS) is 16.5. The number of nitrogens with zero attached hydrogens (tertiary/aromatic N) is 2. The number of aromatic amines is 1. The molecule has 0 amide bonds. The lowest BCUT2D eigenvalue weighted by molar-refractivity contribution is -0.384. The van der Waals surface area contributed by atoms with E-state index in [4.69, 9.17) is 0 Å². The van der Waals surface area contributed by atoms with Crippen LogP contribution in [0, 0.1) is 22.5 Å². The molecular weight excluding hydrogens is 306 g/mol. The molecule has 0 saturated heterocycles. The number of rotatable bonds is 1. The Bertz CT molecular complexity index is 1050. The Kier molecular flexibility index (Phi) is 2.85. The lowest BCUT2D eigenvalue weighted by Gasteiger charge is -2.30. The highest BCUT2D eigenvalue weighted by Crippen LogP contribution is 2.40. The van der Waals surface area contributed by atoms with Crippen LogP contribution in [0.4, 0.5) is 5.69 Å². The van der Waals surface area contributed by atoms with Gasteiger partial charge in [0.2, 0.25) is 0 Å². The molecule has 0 bridgehead atoms. The standard InChI is InChI=1S/C18H17N3O3/c1-9-17-15(11-6-10(21(23)24)4-5-12(11)20-17)16-13(19-9)7-18(2,3)8-14(16)22/h4-6,20H,7-8H2,1-3H3. The van der Waals surface area contributed by atoms with Crippen LogP contribution in [0.15, 0.2) is 18.2 Å². The zero-order valence-corrected chi connectivity index (χ0v) is 13.8. The fourth-order valence-electron chi connectivity index (χ4n) is 3.75. The van der Waals surface area contributed by atoms with Crippen LogP contribution in [-0.2, 0) is 6.42 Å². The minimum absolute atomic E-state index is 0.0233. The van der Waals surface area contributed by atoms with Gasteiger partial charge in [-0.15, -0.1) is 0 Å². The van der Waals surface area contributed by atoms with E-state index in [-0.39, 0.29) is 16.9 Å². The summed E-state index contributed by atoms with van der Waals surface area (Å²) in [6.45, 7) is 6.03. The molecule has 0 radical (unpaired) electrons. The number of hydrogen-bond donors (Lipinski definition) is 1.